The maximum atomic E-state index is 2.31. The summed E-state index contributed by atoms with van der Waals surface area (Å²) in [6.07, 6.45) is 35.9. The van der Waals surface area contributed by atoms with E-state index in [9.17, 15) is 0 Å². The lowest BCUT2D eigenvalue weighted by Gasteiger charge is -2.29. The fourth-order valence-electron chi connectivity index (χ4n) is 5.41. The monoisotopic (exact) mass is 392 g/mol. The molecule has 0 aliphatic heterocycles. The first-order valence-corrected chi connectivity index (χ1v) is 13.9. The molecular formula is C28H56. The predicted molar refractivity (Wildman–Crippen MR) is 129 cm³/mol. The Balaban J connectivity index is 1.88. The summed E-state index contributed by atoms with van der Waals surface area (Å²) in [5.41, 5.74) is 0. The van der Waals surface area contributed by atoms with Crippen LogP contribution in [-0.2, 0) is 0 Å². The first-order valence-electron chi connectivity index (χ1n) is 13.9. The van der Waals surface area contributed by atoms with Crippen molar-refractivity contribution in [2.75, 3.05) is 0 Å². The van der Waals surface area contributed by atoms with Gasteiger partial charge >= 0.3 is 0 Å². The molecular weight excluding hydrogens is 336 g/mol. The van der Waals surface area contributed by atoms with Crippen molar-refractivity contribution in [3.63, 3.8) is 0 Å². The van der Waals surface area contributed by atoms with Crippen molar-refractivity contribution in [1.82, 2.24) is 0 Å². The quantitative estimate of drug-likeness (QED) is 0.181. The minimum atomic E-state index is 1.09. The molecule has 1 aliphatic rings. The minimum absolute atomic E-state index is 1.09. The van der Waals surface area contributed by atoms with Crippen molar-refractivity contribution >= 4 is 0 Å². The molecule has 0 nitrogen and oxygen atoms in total. The number of hydrogen-bond donors (Lipinski definition) is 0. The Labute approximate surface area is 180 Å². The number of rotatable bonds is 20. The Morgan fingerprint density at radius 2 is 0.750 bits per heavy atom. The average Bonchev–Trinajstić information content (AvgIpc) is 2.72. The van der Waals surface area contributed by atoms with Crippen molar-refractivity contribution in [2.24, 2.45) is 11.8 Å². The molecule has 0 aromatic rings. The van der Waals surface area contributed by atoms with Gasteiger partial charge in [0.05, 0.1) is 0 Å². The lowest BCUT2D eigenvalue weighted by Crippen LogP contribution is -2.15. The molecule has 0 spiro atoms. The van der Waals surface area contributed by atoms with E-state index in [1.165, 1.54) is 122 Å². The highest BCUT2D eigenvalue weighted by molar-refractivity contribution is 4.73. The van der Waals surface area contributed by atoms with E-state index in [0.29, 0.717) is 0 Å². The smallest absolute Gasteiger partial charge is 0.0412 e. The first-order chi connectivity index (χ1) is 13.9. The SMILES string of the molecule is CCCCCCCCCCCC1CCCC(CCCCCCCCCCC)C1. The van der Waals surface area contributed by atoms with E-state index < -0.39 is 0 Å². The Bertz CT molecular complexity index is 266. The fraction of sp³-hybridized carbons (Fsp3) is 1.00. The first kappa shape index (κ1) is 26.0. The third-order valence-electron chi connectivity index (χ3n) is 7.32. The van der Waals surface area contributed by atoms with Crippen LogP contribution >= 0.6 is 0 Å². The van der Waals surface area contributed by atoms with Crippen molar-refractivity contribution < 1.29 is 0 Å². The predicted octanol–water partition coefficient (Wildman–Crippen LogP) is 10.6. The summed E-state index contributed by atoms with van der Waals surface area (Å²) in [6, 6.07) is 0. The van der Waals surface area contributed by atoms with Crippen LogP contribution in [0.15, 0.2) is 0 Å². The maximum absolute atomic E-state index is 2.31. The van der Waals surface area contributed by atoms with Crippen LogP contribution in [0.4, 0.5) is 0 Å². The summed E-state index contributed by atoms with van der Waals surface area (Å²) >= 11 is 0. The van der Waals surface area contributed by atoms with Gasteiger partial charge in [0.25, 0.3) is 0 Å². The second-order valence-corrected chi connectivity index (χ2v) is 10.1. The molecule has 168 valence electrons. The topological polar surface area (TPSA) is 0 Å². The molecule has 1 saturated carbocycles. The van der Waals surface area contributed by atoms with E-state index in [2.05, 4.69) is 13.8 Å². The van der Waals surface area contributed by atoms with Crippen LogP contribution in [-0.4, -0.2) is 0 Å². The highest BCUT2D eigenvalue weighted by Crippen LogP contribution is 2.35. The van der Waals surface area contributed by atoms with Gasteiger partial charge in [-0.3, -0.25) is 0 Å². The van der Waals surface area contributed by atoms with E-state index >= 15 is 0 Å². The van der Waals surface area contributed by atoms with Crippen LogP contribution < -0.4 is 0 Å². The molecule has 0 aromatic carbocycles. The molecule has 1 aliphatic carbocycles. The van der Waals surface area contributed by atoms with Crippen LogP contribution in [0.25, 0.3) is 0 Å². The Morgan fingerprint density at radius 3 is 1.11 bits per heavy atom. The van der Waals surface area contributed by atoms with Crippen molar-refractivity contribution in [3.05, 3.63) is 0 Å². The van der Waals surface area contributed by atoms with E-state index in [1.54, 1.807) is 32.1 Å². The average molecular weight is 393 g/mol. The van der Waals surface area contributed by atoms with Gasteiger partial charge in [0.15, 0.2) is 0 Å². The van der Waals surface area contributed by atoms with Gasteiger partial charge in [-0.05, 0) is 18.3 Å². The lowest BCUT2D eigenvalue weighted by atomic mass is 9.77. The molecule has 0 radical (unpaired) electrons. The normalized spacial score (nSPS) is 19.9. The highest BCUT2D eigenvalue weighted by atomic mass is 14.3. The molecule has 2 unspecified atom stereocenters. The van der Waals surface area contributed by atoms with E-state index in [0.717, 1.165) is 11.8 Å². The molecule has 0 N–H and O–H groups in total. The second kappa shape index (κ2) is 20.3. The van der Waals surface area contributed by atoms with Crippen LogP contribution in [0, 0.1) is 11.8 Å². The highest BCUT2D eigenvalue weighted by Gasteiger charge is 2.21. The van der Waals surface area contributed by atoms with Crippen LogP contribution in [0.3, 0.4) is 0 Å². The lowest BCUT2D eigenvalue weighted by molar-refractivity contribution is 0.235. The standard InChI is InChI=1S/C28H56/c1-3-5-7-9-11-13-15-17-19-22-27-24-21-25-28(26-27)23-20-18-16-14-12-10-8-6-4-2/h27-28H,3-26H2,1-2H3. The van der Waals surface area contributed by atoms with Crippen LogP contribution in [0.5, 0.6) is 0 Å². The molecule has 1 rings (SSSR count). The summed E-state index contributed by atoms with van der Waals surface area (Å²) in [7, 11) is 0. The van der Waals surface area contributed by atoms with E-state index in [-0.39, 0.29) is 0 Å². The summed E-state index contributed by atoms with van der Waals surface area (Å²) in [4.78, 5) is 0. The molecule has 0 bridgehead atoms. The van der Waals surface area contributed by atoms with E-state index in [4.69, 9.17) is 0 Å². The van der Waals surface area contributed by atoms with Gasteiger partial charge in [-0.15, -0.1) is 0 Å². The van der Waals surface area contributed by atoms with Gasteiger partial charge < -0.3 is 0 Å². The third-order valence-corrected chi connectivity index (χ3v) is 7.32. The zero-order valence-corrected chi connectivity index (χ0v) is 20.1. The molecule has 2 atom stereocenters. The van der Waals surface area contributed by atoms with Crippen molar-refractivity contribution in [2.45, 2.75) is 168 Å². The zero-order chi connectivity index (χ0) is 20.1. The van der Waals surface area contributed by atoms with Gasteiger partial charge in [0.1, 0.15) is 0 Å². The van der Waals surface area contributed by atoms with Crippen LogP contribution in [0.2, 0.25) is 0 Å². The van der Waals surface area contributed by atoms with Crippen LogP contribution in [0.1, 0.15) is 168 Å². The summed E-state index contributed by atoms with van der Waals surface area (Å²) in [5, 5.41) is 0. The van der Waals surface area contributed by atoms with E-state index in [1.807, 2.05) is 0 Å². The molecule has 0 amide bonds. The van der Waals surface area contributed by atoms with Gasteiger partial charge in [0.2, 0.25) is 0 Å². The molecule has 0 aromatic heterocycles. The fourth-order valence-corrected chi connectivity index (χ4v) is 5.41. The molecule has 28 heavy (non-hydrogen) atoms. The zero-order valence-electron chi connectivity index (χ0n) is 20.1. The minimum Gasteiger partial charge on any atom is -0.0654 e. The number of hydrogen-bond acceptors (Lipinski definition) is 0. The largest absolute Gasteiger partial charge is 0.0654 e. The molecule has 1 fully saturated rings. The Hall–Kier alpha value is 0. The van der Waals surface area contributed by atoms with Gasteiger partial charge in [-0.1, -0.05) is 162 Å². The number of unbranched alkanes of at least 4 members (excludes halogenated alkanes) is 16. The van der Waals surface area contributed by atoms with Crippen molar-refractivity contribution in [3.8, 4) is 0 Å². The van der Waals surface area contributed by atoms with Gasteiger partial charge in [-0.2, -0.15) is 0 Å². The molecule has 0 saturated heterocycles. The molecule has 0 heteroatoms. The second-order valence-electron chi connectivity index (χ2n) is 10.1. The Kier molecular flexibility index (Phi) is 18.9. The van der Waals surface area contributed by atoms with Gasteiger partial charge in [0, 0.05) is 0 Å². The Morgan fingerprint density at radius 1 is 0.429 bits per heavy atom. The third kappa shape index (κ3) is 15.9. The maximum Gasteiger partial charge on any atom is -0.0412 e. The summed E-state index contributed by atoms with van der Waals surface area (Å²) < 4.78 is 0. The summed E-state index contributed by atoms with van der Waals surface area (Å²) in [6.45, 7) is 4.62. The summed E-state index contributed by atoms with van der Waals surface area (Å²) in [5.74, 6) is 2.17. The van der Waals surface area contributed by atoms with Crippen molar-refractivity contribution in [1.29, 1.82) is 0 Å². The van der Waals surface area contributed by atoms with Gasteiger partial charge in [-0.25, -0.2) is 0 Å². The molecule has 0 heterocycles.